The molecule has 0 aliphatic rings. The molecule has 46 heavy (non-hydrogen) atoms. The number of nitrogens with zero attached hydrogens (tertiary/aromatic N) is 6. The van der Waals surface area contributed by atoms with Gasteiger partial charge in [-0.05, 0) is 67.1 Å². The summed E-state index contributed by atoms with van der Waals surface area (Å²) in [7, 11) is 0. The van der Waals surface area contributed by atoms with E-state index >= 15 is 0 Å². The maximum atomic E-state index is 6.10. The van der Waals surface area contributed by atoms with Gasteiger partial charge in [-0.1, -0.05) is 34.8 Å². The molecule has 0 aliphatic carbocycles. The van der Waals surface area contributed by atoms with Gasteiger partial charge in [-0.25, -0.2) is 29.9 Å². The van der Waals surface area contributed by atoms with Gasteiger partial charge in [0, 0.05) is 64.0 Å². The summed E-state index contributed by atoms with van der Waals surface area (Å²) in [4.78, 5) is 27.9. The van der Waals surface area contributed by atoms with Crippen molar-refractivity contribution < 1.29 is 0 Å². The molecule has 0 saturated heterocycles. The van der Waals surface area contributed by atoms with Crippen molar-refractivity contribution in [2.24, 2.45) is 0 Å². The van der Waals surface area contributed by atoms with Gasteiger partial charge in [0.1, 0.15) is 22.4 Å². The molecule has 0 aromatic carbocycles. The van der Waals surface area contributed by atoms with Crippen LogP contribution < -0.4 is 11.5 Å². The lowest BCUT2D eigenvalue weighted by molar-refractivity contribution is 1.14. The highest BCUT2D eigenvalue weighted by molar-refractivity contribution is 7.98. The molecule has 0 spiro atoms. The van der Waals surface area contributed by atoms with Crippen molar-refractivity contribution in [1.29, 1.82) is 0 Å². The summed E-state index contributed by atoms with van der Waals surface area (Å²) < 4.78 is 0. The number of rotatable bonds is 4. The third-order valence-corrected chi connectivity index (χ3v) is 8.65. The lowest BCUT2D eigenvalue weighted by atomic mass is 10.1. The van der Waals surface area contributed by atoms with E-state index in [0.29, 0.717) is 26.8 Å². The molecule has 0 fully saturated rings. The van der Waals surface area contributed by atoms with Crippen LogP contribution in [0.2, 0.25) is 15.2 Å². The quantitative estimate of drug-likeness (QED) is 0.120. The predicted molar refractivity (Wildman–Crippen MR) is 194 cm³/mol. The monoisotopic (exact) mass is 705 g/mol. The first-order valence-electron chi connectivity index (χ1n) is 13.5. The molecule has 0 radical (unpaired) electrons. The summed E-state index contributed by atoms with van der Waals surface area (Å²) in [5.41, 5.74) is 16.7. The van der Waals surface area contributed by atoms with Crippen molar-refractivity contribution in [2.45, 2.75) is 10.1 Å². The Morgan fingerprint density at radius 2 is 1.13 bits per heavy atom. The van der Waals surface area contributed by atoms with Crippen LogP contribution in [0, 0.1) is 0 Å². The van der Waals surface area contributed by atoms with Crippen molar-refractivity contribution in [3.8, 4) is 22.3 Å². The van der Waals surface area contributed by atoms with Crippen LogP contribution in [0.4, 0.5) is 11.6 Å². The maximum Gasteiger partial charge on any atom is 0.138 e. The number of halogens is 3. The SMILES string of the molecule is CSc1cc(-c2cccnc2N)c(Cl)cn1.CSc1cc2c(cn1)[nH]c1ncccc12.Nc1ncccc1-c1cc(Cl)ncc1Cl. The number of pyridine rings is 6. The minimum absolute atomic E-state index is 0.373. The molecule has 0 atom stereocenters. The number of hydrogen-bond donors (Lipinski definition) is 3. The minimum Gasteiger partial charge on any atom is -0.383 e. The average Bonchev–Trinajstić information content (AvgIpc) is 3.45. The number of nitrogens with two attached hydrogens (primary N) is 2. The number of hydrogen-bond acceptors (Lipinski definition) is 10. The summed E-state index contributed by atoms with van der Waals surface area (Å²) >= 11 is 21.1. The molecule has 0 saturated carbocycles. The van der Waals surface area contributed by atoms with Crippen molar-refractivity contribution in [1.82, 2.24) is 34.9 Å². The topological polar surface area (TPSA) is 145 Å². The molecule has 7 aromatic heterocycles. The lowest BCUT2D eigenvalue weighted by Gasteiger charge is -2.07. The number of H-pyrrole nitrogens is 1. The highest BCUT2D eigenvalue weighted by Crippen LogP contribution is 2.33. The van der Waals surface area contributed by atoms with E-state index in [1.165, 1.54) is 11.6 Å². The molecular weight excluding hydrogens is 681 g/mol. The van der Waals surface area contributed by atoms with E-state index in [-0.39, 0.29) is 0 Å². The van der Waals surface area contributed by atoms with Crippen molar-refractivity contribution in [3.63, 3.8) is 0 Å². The summed E-state index contributed by atoms with van der Waals surface area (Å²) in [5.74, 6) is 0.893. The van der Waals surface area contributed by atoms with Crippen molar-refractivity contribution in [2.75, 3.05) is 24.0 Å². The fraction of sp³-hybridized carbons (Fsp3) is 0.0625. The van der Waals surface area contributed by atoms with E-state index in [0.717, 1.165) is 48.9 Å². The molecule has 14 heteroatoms. The molecule has 232 valence electrons. The Morgan fingerprint density at radius 3 is 1.76 bits per heavy atom. The third kappa shape index (κ3) is 7.80. The highest BCUT2D eigenvalue weighted by atomic mass is 35.5. The van der Waals surface area contributed by atoms with Crippen molar-refractivity contribution in [3.05, 3.63) is 107 Å². The highest BCUT2D eigenvalue weighted by Gasteiger charge is 2.10. The number of fused-ring (bicyclic) bond motifs is 3. The van der Waals surface area contributed by atoms with Crippen LogP contribution in [0.25, 0.3) is 44.2 Å². The van der Waals surface area contributed by atoms with Gasteiger partial charge < -0.3 is 16.5 Å². The van der Waals surface area contributed by atoms with Gasteiger partial charge in [-0.2, -0.15) is 0 Å². The van der Waals surface area contributed by atoms with Crippen LogP contribution in [0.5, 0.6) is 0 Å². The van der Waals surface area contributed by atoms with E-state index in [2.05, 4.69) is 47.0 Å². The zero-order valence-corrected chi connectivity index (χ0v) is 28.3. The van der Waals surface area contributed by atoms with E-state index < -0.39 is 0 Å². The molecule has 0 bridgehead atoms. The first-order chi connectivity index (χ1) is 22.3. The van der Waals surface area contributed by atoms with Gasteiger partial charge in [-0.15, -0.1) is 23.5 Å². The van der Waals surface area contributed by atoms with Crippen LogP contribution in [-0.4, -0.2) is 47.4 Å². The summed E-state index contributed by atoms with van der Waals surface area (Å²) in [6.07, 6.45) is 14.1. The zero-order chi connectivity index (χ0) is 32.6. The Labute approximate surface area is 288 Å². The van der Waals surface area contributed by atoms with E-state index in [1.54, 1.807) is 60.4 Å². The number of nitrogens with one attached hydrogen (secondary N) is 1. The second-order valence-electron chi connectivity index (χ2n) is 9.36. The second-order valence-corrected chi connectivity index (χ2v) is 12.2. The fourth-order valence-corrected chi connectivity index (χ4v) is 5.72. The van der Waals surface area contributed by atoms with Gasteiger partial charge in [0.15, 0.2) is 0 Å². The number of nitrogen functional groups attached to an aromatic ring is 2. The molecule has 7 heterocycles. The standard InChI is InChI=1S/C11H10ClN3S.C11H9N3S.C10H7Cl2N3/c1-16-10-5-8(9(12)6-15-10)7-3-2-4-14-11(7)13;1-15-10-5-8-7-3-2-4-12-11(7)14-9(8)6-13-10;11-8-5-15-9(12)4-7(8)6-2-1-3-14-10(6)13/h2-6H,1H3,(H2,13,14);2-6H,1H3,(H,12,14);1-5H,(H2,13,14). The van der Waals surface area contributed by atoms with Crippen LogP contribution in [-0.2, 0) is 0 Å². The van der Waals surface area contributed by atoms with Crippen LogP contribution in [0.15, 0.2) is 102 Å². The molecule has 7 aromatic rings. The van der Waals surface area contributed by atoms with Crippen LogP contribution >= 0.6 is 58.3 Å². The molecule has 9 nitrogen and oxygen atoms in total. The second kappa shape index (κ2) is 15.4. The number of thioether (sulfide) groups is 2. The summed E-state index contributed by atoms with van der Waals surface area (Å²) in [6.45, 7) is 0. The first-order valence-corrected chi connectivity index (χ1v) is 17.1. The van der Waals surface area contributed by atoms with Crippen LogP contribution in [0.1, 0.15) is 0 Å². The van der Waals surface area contributed by atoms with Gasteiger partial charge in [-0.3, -0.25) is 0 Å². The first kappa shape index (κ1) is 33.2. The summed E-state index contributed by atoms with van der Waals surface area (Å²) in [6, 6.07) is 17.1. The van der Waals surface area contributed by atoms with Crippen molar-refractivity contribution >= 4 is 91.9 Å². The number of anilines is 2. The minimum atomic E-state index is 0.373. The van der Waals surface area contributed by atoms with Gasteiger partial charge >= 0.3 is 0 Å². The molecular formula is C32H26Cl3N9S2. The summed E-state index contributed by atoms with van der Waals surface area (Å²) in [5, 5.41) is 5.74. The Bertz CT molecular complexity index is 2130. The average molecular weight is 707 g/mol. The molecule has 0 aliphatic heterocycles. The zero-order valence-electron chi connectivity index (χ0n) is 24.4. The van der Waals surface area contributed by atoms with Crippen LogP contribution in [0.3, 0.4) is 0 Å². The molecule has 7 rings (SSSR count). The maximum absolute atomic E-state index is 6.10. The van der Waals surface area contributed by atoms with Gasteiger partial charge in [0.2, 0.25) is 0 Å². The molecule has 0 amide bonds. The largest absolute Gasteiger partial charge is 0.383 e. The Hall–Kier alpha value is -4.13. The molecule has 5 N–H and O–H groups in total. The van der Waals surface area contributed by atoms with Gasteiger partial charge in [0.05, 0.1) is 31.8 Å². The van der Waals surface area contributed by atoms with Gasteiger partial charge in [0.25, 0.3) is 0 Å². The molecule has 0 unspecified atom stereocenters. The van der Waals surface area contributed by atoms with E-state index in [1.807, 2.05) is 49.0 Å². The fourth-order valence-electron chi connectivity index (χ4n) is 4.37. The third-order valence-electron chi connectivity index (χ3n) is 6.56. The Kier molecular flexibility index (Phi) is 11.2. The smallest absolute Gasteiger partial charge is 0.138 e. The number of aromatic amines is 1. The predicted octanol–water partition coefficient (Wildman–Crippen LogP) is 8.97. The van der Waals surface area contributed by atoms with E-state index in [4.69, 9.17) is 46.3 Å². The number of aromatic nitrogens is 7. The lowest BCUT2D eigenvalue weighted by Crippen LogP contribution is -1.94. The normalized spacial score (nSPS) is 10.6. The van der Waals surface area contributed by atoms with E-state index in [9.17, 15) is 0 Å². The Balaban J connectivity index is 0.000000136. The Morgan fingerprint density at radius 1 is 0.587 bits per heavy atom.